The van der Waals surface area contributed by atoms with Crippen molar-refractivity contribution in [1.82, 2.24) is 20.4 Å². The van der Waals surface area contributed by atoms with Crippen LogP contribution in [0.25, 0.3) is 0 Å². The van der Waals surface area contributed by atoms with Crippen LogP contribution in [0.2, 0.25) is 0 Å². The number of carbonyl (C=O) groups excluding carboxylic acids is 1. The number of nitrogens with zero attached hydrogens (tertiary/aromatic N) is 3. The lowest BCUT2D eigenvalue weighted by molar-refractivity contribution is -0.127. The van der Waals surface area contributed by atoms with Crippen LogP contribution in [0.1, 0.15) is 57.4 Å². The summed E-state index contributed by atoms with van der Waals surface area (Å²) in [5, 5.41) is 6.80. The molecule has 2 N–H and O–H groups in total. The molecule has 1 aromatic rings. The standard InChI is InChI=1S/C26H43N5O.HI/c1-2-27-26(29-16-9-19-31-18-8-12-25(31)32)28-15-6-7-17-30-20-13-24(14-21-30)22-23-10-4-3-5-11-23;/h3-5,10-11,24H,2,6-9,12-22H2,1H3,(H2,27,28,29);1H. The fourth-order valence-electron chi connectivity index (χ4n) is 4.76. The third-order valence-corrected chi connectivity index (χ3v) is 6.64. The summed E-state index contributed by atoms with van der Waals surface area (Å²) in [6.45, 7) is 10.1. The molecule has 33 heavy (non-hydrogen) atoms. The van der Waals surface area contributed by atoms with E-state index >= 15 is 0 Å². The molecular formula is C26H44IN5O. The Labute approximate surface area is 218 Å². The molecule has 2 saturated heterocycles. The largest absolute Gasteiger partial charge is 0.357 e. The molecule has 1 amide bonds. The lowest BCUT2D eigenvalue weighted by Crippen LogP contribution is -2.38. The lowest BCUT2D eigenvalue weighted by atomic mass is 9.90. The first-order chi connectivity index (χ1) is 15.7. The van der Waals surface area contributed by atoms with Gasteiger partial charge in [-0.1, -0.05) is 30.3 Å². The van der Waals surface area contributed by atoms with E-state index in [0.29, 0.717) is 5.91 Å². The maximum atomic E-state index is 11.7. The number of likely N-dealkylation sites (tertiary alicyclic amines) is 2. The van der Waals surface area contributed by atoms with E-state index in [0.717, 1.165) is 70.3 Å². The number of carbonyl (C=O) groups is 1. The van der Waals surface area contributed by atoms with Crippen LogP contribution in [0.3, 0.4) is 0 Å². The molecular weight excluding hydrogens is 525 g/mol. The van der Waals surface area contributed by atoms with Gasteiger partial charge < -0.3 is 20.4 Å². The van der Waals surface area contributed by atoms with Crippen LogP contribution in [0.5, 0.6) is 0 Å². The highest BCUT2D eigenvalue weighted by Gasteiger charge is 2.19. The van der Waals surface area contributed by atoms with Crippen LogP contribution in [0, 0.1) is 5.92 Å². The van der Waals surface area contributed by atoms with Crippen molar-refractivity contribution in [2.45, 2.75) is 58.3 Å². The zero-order chi connectivity index (χ0) is 22.4. The van der Waals surface area contributed by atoms with Crippen molar-refractivity contribution in [3.63, 3.8) is 0 Å². The van der Waals surface area contributed by atoms with Crippen LogP contribution in [0.4, 0.5) is 0 Å². The zero-order valence-electron chi connectivity index (χ0n) is 20.4. The van der Waals surface area contributed by atoms with Gasteiger partial charge in [0.2, 0.25) is 5.91 Å². The molecule has 2 heterocycles. The van der Waals surface area contributed by atoms with Crippen LogP contribution in [0.15, 0.2) is 35.3 Å². The molecule has 0 radical (unpaired) electrons. The fourth-order valence-corrected chi connectivity index (χ4v) is 4.76. The summed E-state index contributed by atoms with van der Waals surface area (Å²) in [5.74, 6) is 2.05. The Hall–Kier alpha value is -1.35. The number of amides is 1. The third kappa shape index (κ3) is 10.6. The quantitative estimate of drug-likeness (QED) is 0.174. The molecule has 2 aliphatic heterocycles. The highest BCUT2D eigenvalue weighted by Crippen LogP contribution is 2.21. The number of hydrogen-bond donors (Lipinski definition) is 2. The molecule has 3 rings (SSSR count). The Morgan fingerprint density at radius 3 is 2.52 bits per heavy atom. The van der Waals surface area contributed by atoms with Gasteiger partial charge in [-0.3, -0.25) is 9.79 Å². The average molecular weight is 570 g/mol. The summed E-state index contributed by atoms with van der Waals surface area (Å²) >= 11 is 0. The lowest BCUT2D eigenvalue weighted by Gasteiger charge is -2.32. The van der Waals surface area contributed by atoms with Gasteiger partial charge in [0.05, 0.1) is 0 Å². The normalized spacial score (nSPS) is 17.8. The average Bonchev–Trinajstić information content (AvgIpc) is 3.22. The van der Waals surface area contributed by atoms with Gasteiger partial charge in [0.15, 0.2) is 5.96 Å². The number of guanidine groups is 1. The van der Waals surface area contributed by atoms with E-state index in [1.54, 1.807) is 0 Å². The van der Waals surface area contributed by atoms with Crippen LogP contribution in [-0.4, -0.2) is 74.0 Å². The highest BCUT2D eigenvalue weighted by atomic mass is 127. The minimum Gasteiger partial charge on any atom is -0.357 e. The summed E-state index contributed by atoms with van der Waals surface area (Å²) in [6, 6.07) is 10.9. The molecule has 1 aromatic carbocycles. The predicted molar refractivity (Wildman–Crippen MR) is 148 cm³/mol. The zero-order valence-corrected chi connectivity index (χ0v) is 22.8. The van der Waals surface area contributed by atoms with E-state index in [2.05, 4.69) is 57.8 Å². The van der Waals surface area contributed by atoms with Gasteiger partial charge in [-0.15, -0.1) is 24.0 Å². The number of halogens is 1. The highest BCUT2D eigenvalue weighted by molar-refractivity contribution is 14.0. The van der Waals surface area contributed by atoms with E-state index in [9.17, 15) is 4.79 Å². The first kappa shape index (κ1) is 27.9. The molecule has 0 spiro atoms. The second-order valence-electron chi connectivity index (χ2n) is 9.21. The summed E-state index contributed by atoms with van der Waals surface area (Å²) in [5.41, 5.74) is 1.49. The Bertz CT molecular complexity index is 691. The SMILES string of the molecule is CCNC(=NCCCN1CCCC1=O)NCCCCN1CCC(Cc2ccccc2)CC1.I. The molecule has 0 saturated carbocycles. The van der Waals surface area contributed by atoms with E-state index in [1.165, 1.54) is 50.9 Å². The molecule has 6 nitrogen and oxygen atoms in total. The summed E-state index contributed by atoms with van der Waals surface area (Å²) < 4.78 is 0. The Kier molecular flexibility index (Phi) is 13.8. The second-order valence-corrected chi connectivity index (χ2v) is 9.21. The minimum atomic E-state index is 0. The van der Waals surface area contributed by atoms with Crippen molar-refractivity contribution < 1.29 is 4.79 Å². The topological polar surface area (TPSA) is 60.0 Å². The molecule has 2 fully saturated rings. The molecule has 0 bridgehead atoms. The van der Waals surface area contributed by atoms with Gasteiger partial charge in [0.1, 0.15) is 0 Å². The number of piperidine rings is 1. The molecule has 2 aliphatic rings. The number of unbranched alkanes of at least 4 members (excludes halogenated alkanes) is 1. The van der Waals surface area contributed by atoms with Crippen LogP contribution < -0.4 is 10.6 Å². The van der Waals surface area contributed by atoms with Crippen LogP contribution >= 0.6 is 24.0 Å². The van der Waals surface area contributed by atoms with Gasteiger partial charge in [-0.25, -0.2) is 0 Å². The first-order valence-electron chi connectivity index (χ1n) is 12.8. The molecule has 0 atom stereocenters. The summed E-state index contributed by atoms with van der Waals surface area (Å²) in [6.07, 6.45) is 8.95. The fraction of sp³-hybridized carbons (Fsp3) is 0.692. The maximum absolute atomic E-state index is 11.7. The maximum Gasteiger partial charge on any atom is 0.222 e. The minimum absolute atomic E-state index is 0. The number of hydrogen-bond acceptors (Lipinski definition) is 3. The molecule has 0 aliphatic carbocycles. The molecule has 186 valence electrons. The van der Waals surface area contributed by atoms with Crippen molar-refractivity contribution in [3.8, 4) is 0 Å². The third-order valence-electron chi connectivity index (χ3n) is 6.64. The molecule has 7 heteroatoms. The smallest absolute Gasteiger partial charge is 0.222 e. The van der Waals surface area contributed by atoms with E-state index < -0.39 is 0 Å². The van der Waals surface area contributed by atoms with Crippen molar-refractivity contribution in [1.29, 1.82) is 0 Å². The van der Waals surface area contributed by atoms with Crippen molar-refractivity contribution in [2.24, 2.45) is 10.9 Å². The van der Waals surface area contributed by atoms with Crippen molar-refractivity contribution >= 4 is 35.8 Å². The van der Waals surface area contributed by atoms with Gasteiger partial charge in [-0.05, 0) is 83.0 Å². The number of benzene rings is 1. The summed E-state index contributed by atoms with van der Waals surface area (Å²) in [4.78, 5) is 21.0. The Morgan fingerprint density at radius 2 is 1.82 bits per heavy atom. The number of nitrogens with one attached hydrogen (secondary N) is 2. The van der Waals surface area contributed by atoms with Crippen molar-refractivity contribution in [3.05, 3.63) is 35.9 Å². The van der Waals surface area contributed by atoms with Gasteiger partial charge in [0, 0.05) is 39.1 Å². The first-order valence-corrected chi connectivity index (χ1v) is 12.8. The van der Waals surface area contributed by atoms with E-state index in [4.69, 9.17) is 0 Å². The molecule has 0 unspecified atom stereocenters. The van der Waals surface area contributed by atoms with Gasteiger partial charge in [0.25, 0.3) is 0 Å². The predicted octanol–water partition coefficient (Wildman–Crippen LogP) is 3.91. The Morgan fingerprint density at radius 1 is 1.03 bits per heavy atom. The van der Waals surface area contributed by atoms with Gasteiger partial charge in [-0.2, -0.15) is 0 Å². The molecule has 0 aromatic heterocycles. The van der Waals surface area contributed by atoms with Gasteiger partial charge >= 0.3 is 0 Å². The summed E-state index contributed by atoms with van der Waals surface area (Å²) in [7, 11) is 0. The Balaban J connectivity index is 0.00000385. The number of aliphatic imine (C=N–C) groups is 1. The van der Waals surface area contributed by atoms with Crippen molar-refractivity contribution in [2.75, 3.05) is 52.4 Å². The monoisotopic (exact) mass is 569 g/mol. The second kappa shape index (κ2) is 16.3. The van der Waals surface area contributed by atoms with Crippen LogP contribution in [-0.2, 0) is 11.2 Å². The van der Waals surface area contributed by atoms with E-state index in [1.807, 2.05) is 4.90 Å². The van der Waals surface area contributed by atoms with E-state index in [-0.39, 0.29) is 24.0 Å². The number of rotatable bonds is 12.